The lowest BCUT2D eigenvalue weighted by Crippen LogP contribution is -2.13. The van der Waals surface area contributed by atoms with Gasteiger partial charge < -0.3 is 14.8 Å². The second kappa shape index (κ2) is 10.3. The maximum atomic E-state index is 5.62. The third kappa shape index (κ3) is 7.39. The molecule has 20 heavy (non-hydrogen) atoms. The zero-order chi connectivity index (χ0) is 14.8. The fourth-order valence-corrected chi connectivity index (χ4v) is 2.29. The van der Waals surface area contributed by atoms with Gasteiger partial charge in [0.15, 0.2) is 0 Å². The van der Waals surface area contributed by atoms with Gasteiger partial charge in [-0.25, -0.2) is 0 Å². The van der Waals surface area contributed by atoms with E-state index in [1.807, 2.05) is 13.8 Å². The van der Waals surface area contributed by atoms with E-state index in [1.165, 1.54) is 11.1 Å². The van der Waals surface area contributed by atoms with Crippen LogP contribution in [0.3, 0.4) is 0 Å². The molecule has 1 N–H and O–H groups in total. The van der Waals surface area contributed by atoms with Crippen molar-refractivity contribution >= 4 is 15.9 Å². The summed E-state index contributed by atoms with van der Waals surface area (Å²) in [6, 6.07) is 6.43. The number of nitrogens with one attached hydrogen (secondary N) is 1. The molecule has 0 saturated carbocycles. The van der Waals surface area contributed by atoms with E-state index >= 15 is 0 Å². The van der Waals surface area contributed by atoms with Gasteiger partial charge >= 0.3 is 0 Å². The van der Waals surface area contributed by atoms with Crippen molar-refractivity contribution in [2.24, 2.45) is 0 Å². The van der Waals surface area contributed by atoms with Crippen molar-refractivity contribution in [1.82, 2.24) is 5.32 Å². The Morgan fingerprint density at radius 1 is 1.25 bits per heavy atom. The Kier molecular flexibility index (Phi) is 9.10. The van der Waals surface area contributed by atoms with Crippen molar-refractivity contribution in [3.63, 3.8) is 0 Å². The van der Waals surface area contributed by atoms with Gasteiger partial charge in [-0.2, -0.15) is 0 Å². The molecule has 0 aliphatic carbocycles. The van der Waals surface area contributed by atoms with E-state index in [9.17, 15) is 0 Å². The predicted molar refractivity (Wildman–Crippen MR) is 86.9 cm³/mol. The fraction of sp³-hybridized carbons (Fsp3) is 0.625. The quantitative estimate of drug-likeness (QED) is 0.653. The summed E-state index contributed by atoms with van der Waals surface area (Å²) in [5, 5.41) is 3.40. The summed E-state index contributed by atoms with van der Waals surface area (Å²) in [6.45, 7) is 10.1. The molecule has 1 aromatic carbocycles. The van der Waals surface area contributed by atoms with Gasteiger partial charge in [-0.15, -0.1) is 0 Å². The van der Waals surface area contributed by atoms with Crippen molar-refractivity contribution in [2.45, 2.75) is 46.4 Å². The second-order valence-corrected chi connectivity index (χ2v) is 5.93. The highest BCUT2D eigenvalue weighted by atomic mass is 79.9. The molecule has 0 aliphatic heterocycles. The Balaban J connectivity index is 2.32. The predicted octanol–water partition coefficient (Wildman–Crippen LogP) is 3.89. The summed E-state index contributed by atoms with van der Waals surface area (Å²) in [5.41, 5.74) is 2.46. The highest BCUT2D eigenvalue weighted by Crippen LogP contribution is 2.19. The third-order valence-electron chi connectivity index (χ3n) is 2.81. The van der Waals surface area contributed by atoms with Crippen molar-refractivity contribution < 1.29 is 9.47 Å². The van der Waals surface area contributed by atoms with E-state index in [-0.39, 0.29) is 6.10 Å². The number of ether oxygens (including phenoxy) is 2. The molecule has 4 heteroatoms. The Morgan fingerprint density at radius 2 is 2.05 bits per heavy atom. The van der Waals surface area contributed by atoms with Crippen LogP contribution in [0.5, 0.6) is 0 Å². The number of hydrogen-bond donors (Lipinski definition) is 1. The van der Waals surface area contributed by atoms with Gasteiger partial charge in [0, 0.05) is 11.0 Å². The minimum Gasteiger partial charge on any atom is -0.376 e. The lowest BCUT2D eigenvalue weighted by molar-refractivity contribution is 0.0142. The highest BCUT2D eigenvalue weighted by molar-refractivity contribution is 9.10. The molecule has 0 fully saturated rings. The molecule has 0 saturated heterocycles. The lowest BCUT2D eigenvalue weighted by Gasteiger charge is -2.10. The summed E-state index contributed by atoms with van der Waals surface area (Å²) in [4.78, 5) is 0. The van der Waals surface area contributed by atoms with Crippen LogP contribution in [0.1, 0.15) is 38.3 Å². The normalized spacial score (nSPS) is 11.2. The molecular formula is C16H26BrNO2. The zero-order valence-corrected chi connectivity index (χ0v) is 14.3. The first-order chi connectivity index (χ1) is 9.63. The van der Waals surface area contributed by atoms with E-state index < -0.39 is 0 Å². The van der Waals surface area contributed by atoms with Gasteiger partial charge in [0.1, 0.15) is 0 Å². The highest BCUT2D eigenvalue weighted by Gasteiger charge is 2.02. The summed E-state index contributed by atoms with van der Waals surface area (Å²) < 4.78 is 12.2. The minimum atomic E-state index is 0.264. The average molecular weight is 344 g/mol. The molecule has 0 atom stereocenters. The minimum absolute atomic E-state index is 0.264. The molecule has 0 heterocycles. The molecule has 3 nitrogen and oxygen atoms in total. The molecule has 0 unspecified atom stereocenters. The van der Waals surface area contributed by atoms with E-state index in [0.29, 0.717) is 19.8 Å². The van der Waals surface area contributed by atoms with Crippen molar-refractivity contribution in [3.8, 4) is 0 Å². The van der Waals surface area contributed by atoms with Gasteiger partial charge in [0.2, 0.25) is 0 Å². The Labute approximate surface area is 131 Å². The van der Waals surface area contributed by atoms with E-state index in [4.69, 9.17) is 9.47 Å². The third-order valence-corrected chi connectivity index (χ3v) is 3.55. The SMILES string of the molecule is CCCNCc1ccc(COCCOC(C)C)c(Br)c1. The smallest absolute Gasteiger partial charge is 0.0728 e. The Hall–Kier alpha value is -0.420. The molecule has 0 radical (unpaired) electrons. The fourth-order valence-electron chi connectivity index (χ4n) is 1.75. The van der Waals surface area contributed by atoms with Gasteiger partial charge in [-0.3, -0.25) is 0 Å². The van der Waals surface area contributed by atoms with Crippen molar-refractivity contribution in [1.29, 1.82) is 0 Å². The van der Waals surface area contributed by atoms with Crippen LogP contribution in [0.4, 0.5) is 0 Å². The number of rotatable bonds is 10. The standard InChI is InChI=1S/C16H26BrNO2/c1-4-7-18-11-14-5-6-15(16(17)10-14)12-19-8-9-20-13(2)3/h5-6,10,13,18H,4,7-9,11-12H2,1-3H3. The summed E-state index contributed by atoms with van der Waals surface area (Å²) in [7, 11) is 0. The van der Waals surface area contributed by atoms with Crippen molar-refractivity contribution in [2.75, 3.05) is 19.8 Å². The number of halogens is 1. The van der Waals surface area contributed by atoms with Gasteiger partial charge in [-0.05, 0) is 44.0 Å². The lowest BCUT2D eigenvalue weighted by atomic mass is 10.1. The maximum Gasteiger partial charge on any atom is 0.0728 e. The number of benzene rings is 1. The summed E-state index contributed by atoms with van der Waals surface area (Å²) >= 11 is 3.61. The number of hydrogen-bond acceptors (Lipinski definition) is 3. The van der Waals surface area contributed by atoms with E-state index in [1.54, 1.807) is 0 Å². The topological polar surface area (TPSA) is 30.5 Å². The molecule has 0 aromatic heterocycles. The van der Waals surface area contributed by atoms with Crippen LogP contribution in [0.15, 0.2) is 22.7 Å². The summed E-state index contributed by atoms with van der Waals surface area (Å²) in [5.74, 6) is 0. The largest absolute Gasteiger partial charge is 0.376 e. The molecule has 0 spiro atoms. The molecule has 0 amide bonds. The molecule has 0 bridgehead atoms. The van der Waals surface area contributed by atoms with Crippen molar-refractivity contribution in [3.05, 3.63) is 33.8 Å². The van der Waals surface area contributed by atoms with Crippen LogP contribution in [0, 0.1) is 0 Å². The first-order valence-corrected chi connectivity index (χ1v) is 8.10. The van der Waals surface area contributed by atoms with E-state index in [0.717, 1.165) is 24.0 Å². The van der Waals surface area contributed by atoms with Crippen LogP contribution >= 0.6 is 15.9 Å². The van der Waals surface area contributed by atoms with Gasteiger partial charge in [0.05, 0.1) is 25.9 Å². The van der Waals surface area contributed by atoms with Gasteiger partial charge in [-0.1, -0.05) is 35.0 Å². The first-order valence-electron chi connectivity index (χ1n) is 7.30. The monoisotopic (exact) mass is 343 g/mol. The second-order valence-electron chi connectivity index (χ2n) is 5.07. The Bertz CT molecular complexity index is 383. The zero-order valence-electron chi connectivity index (χ0n) is 12.7. The van der Waals surface area contributed by atoms with E-state index in [2.05, 4.69) is 46.4 Å². The van der Waals surface area contributed by atoms with Crippen LogP contribution in [-0.4, -0.2) is 25.9 Å². The Morgan fingerprint density at radius 3 is 2.70 bits per heavy atom. The molecule has 1 aromatic rings. The van der Waals surface area contributed by atoms with Crippen LogP contribution in [0.25, 0.3) is 0 Å². The van der Waals surface area contributed by atoms with Crippen LogP contribution in [0.2, 0.25) is 0 Å². The van der Waals surface area contributed by atoms with Crippen LogP contribution < -0.4 is 5.32 Å². The maximum absolute atomic E-state index is 5.62. The molecule has 114 valence electrons. The summed E-state index contributed by atoms with van der Waals surface area (Å²) in [6.07, 6.45) is 1.42. The molecule has 1 rings (SSSR count). The molecule has 0 aliphatic rings. The molecular weight excluding hydrogens is 318 g/mol. The van der Waals surface area contributed by atoms with Crippen LogP contribution in [-0.2, 0) is 22.6 Å². The first kappa shape index (κ1) is 17.6. The van der Waals surface area contributed by atoms with Gasteiger partial charge in [0.25, 0.3) is 0 Å². The average Bonchev–Trinajstić information content (AvgIpc) is 2.40.